The molecule has 0 spiro atoms. The summed E-state index contributed by atoms with van der Waals surface area (Å²) in [4.78, 5) is 0. The van der Waals surface area contributed by atoms with E-state index in [0.717, 1.165) is 9.34 Å². The van der Waals surface area contributed by atoms with E-state index in [1.54, 1.807) is 79.7 Å². The standard InChI is InChI=1S/C20H36N4O6P2S2/c1-13(2)27-31(25,28-14(3)4)23(19(21)33)17-11-9-10-12-18(17)24(20(22)34)32(26,29-15(5)6)30-16(7)8/h9-16H,1-8H3,(H2,21,33)(H2,22,34). The Labute approximate surface area is 213 Å². The van der Waals surface area contributed by atoms with Crippen molar-refractivity contribution in [1.29, 1.82) is 0 Å². The second-order valence-corrected chi connectivity index (χ2v) is 12.7. The van der Waals surface area contributed by atoms with Crippen molar-refractivity contribution in [3.8, 4) is 0 Å². The van der Waals surface area contributed by atoms with E-state index in [1.807, 2.05) is 0 Å². The van der Waals surface area contributed by atoms with Crippen LogP contribution in [0, 0.1) is 0 Å². The molecule has 0 saturated heterocycles. The predicted molar refractivity (Wildman–Crippen MR) is 145 cm³/mol. The Balaban J connectivity index is 3.91. The van der Waals surface area contributed by atoms with Crippen LogP contribution in [-0.2, 0) is 27.2 Å². The van der Waals surface area contributed by atoms with Crippen molar-refractivity contribution in [3.63, 3.8) is 0 Å². The lowest BCUT2D eigenvalue weighted by Gasteiger charge is -2.37. The molecule has 1 rings (SSSR count). The maximum Gasteiger partial charge on any atom is 0.442 e. The van der Waals surface area contributed by atoms with Gasteiger partial charge >= 0.3 is 15.5 Å². The summed E-state index contributed by atoms with van der Waals surface area (Å²) in [7, 11) is -8.28. The molecule has 14 heteroatoms. The molecule has 34 heavy (non-hydrogen) atoms. The Morgan fingerprint density at radius 3 is 1.09 bits per heavy atom. The van der Waals surface area contributed by atoms with Crippen LogP contribution < -0.4 is 20.8 Å². The average molecular weight is 555 g/mol. The first-order valence-electron chi connectivity index (χ1n) is 10.8. The quantitative estimate of drug-likeness (QED) is 0.243. The Kier molecular flexibility index (Phi) is 11.6. The normalized spacial score (nSPS) is 12.6. The smallest absolute Gasteiger partial charge is 0.375 e. The minimum absolute atomic E-state index is 0.132. The van der Waals surface area contributed by atoms with Gasteiger partial charge in [-0.25, -0.2) is 18.5 Å². The van der Waals surface area contributed by atoms with Crippen LogP contribution in [0.3, 0.4) is 0 Å². The van der Waals surface area contributed by atoms with E-state index in [9.17, 15) is 9.13 Å². The van der Waals surface area contributed by atoms with Crippen molar-refractivity contribution >= 4 is 61.5 Å². The lowest BCUT2D eigenvalue weighted by molar-refractivity contribution is 0.141. The van der Waals surface area contributed by atoms with Crippen molar-refractivity contribution in [3.05, 3.63) is 24.3 Å². The number of rotatable bonds is 12. The lowest BCUT2D eigenvalue weighted by atomic mass is 10.2. The van der Waals surface area contributed by atoms with Gasteiger partial charge in [0.05, 0.1) is 35.8 Å². The van der Waals surface area contributed by atoms with Gasteiger partial charge in [0.15, 0.2) is 10.2 Å². The van der Waals surface area contributed by atoms with Crippen LogP contribution in [0.4, 0.5) is 11.4 Å². The molecule has 0 aromatic heterocycles. The van der Waals surface area contributed by atoms with Gasteiger partial charge in [0.25, 0.3) is 0 Å². The zero-order valence-corrected chi connectivity index (χ0v) is 24.3. The van der Waals surface area contributed by atoms with Crippen LogP contribution in [0.5, 0.6) is 0 Å². The maximum atomic E-state index is 14.0. The van der Waals surface area contributed by atoms with E-state index in [4.69, 9.17) is 54.0 Å². The van der Waals surface area contributed by atoms with Gasteiger partial charge in [0.2, 0.25) is 0 Å². The monoisotopic (exact) mass is 554 g/mol. The molecule has 0 aliphatic rings. The van der Waals surface area contributed by atoms with E-state index in [2.05, 4.69) is 0 Å². The summed E-state index contributed by atoms with van der Waals surface area (Å²) in [5.41, 5.74) is 12.3. The van der Waals surface area contributed by atoms with Gasteiger partial charge in [-0.2, -0.15) is 0 Å². The van der Waals surface area contributed by atoms with E-state index in [0.29, 0.717) is 0 Å². The van der Waals surface area contributed by atoms with Gasteiger partial charge in [0.1, 0.15) is 0 Å². The zero-order valence-electron chi connectivity index (χ0n) is 20.8. The summed E-state index contributed by atoms with van der Waals surface area (Å²) in [6.07, 6.45) is -2.00. The minimum atomic E-state index is -4.14. The molecular weight excluding hydrogens is 518 g/mol. The Morgan fingerprint density at radius 1 is 0.676 bits per heavy atom. The third kappa shape index (κ3) is 8.24. The van der Waals surface area contributed by atoms with Crippen LogP contribution in [-0.4, -0.2) is 34.6 Å². The number of anilines is 2. The van der Waals surface area contributed by atoms with Gasteiger partial charge in [-0.05, 0) is 92.0 Å². The van der Waals surface area contributed by atoms with Gasteiger partial charge in [-0.1, -0.05) is 12.1 Å². The van der Waals surface area contributed by atoms with Crippen molar-refractivity contribution in [2.75, 3.05) is 9.34 Å². The Morgan fingerprint density at radius 2 is 0.912 bits per heavy atom. The number of hydrogen-bond acceptors (Lipinski definition) is 8. The largest absolute Gasteiger partial charge is 0.442 e. The van der Waals surface area contributed by atoms with Crippen LogP contribution >= 0.6 is 39.9 Å². The van der Waals surface area contributed by atoms with Gasteiger partial charge in [-0.3, -0.25) is 18.1 Å². The third-order valence-corrected chi connectivity index (χ3v) is 8.85. The molecule has 0 heterocycles. The molecular formula is C20H36N4O6P2S2. The minimum Gasteiger partial charge on any atom is -0.375 e. The topological polar surface area (TPSA) is 130 Å². The van der Waals surface area contributed by atoms with E-state index >= 15 is 0 Å². The summed E-state index contributed by atoms with van der Waals surface area (Å²) in [5, 5.41) is -0.603. The molecule has 0 radical (unpaired) electrons. The zero-order chi connectivity index (χ0) is 26.4. The summed E-state index contributed by atoms with van der Waals surface area (Å²) >= 11 is 10.5. The summed E-state index contributed by atoms with van der Waals surface area (Å²) < 4.78 is 53.0. The maximum absolute atomic E-state index is 14.0. The molecule has 0 amide bonds. The summed E-state index contributed by atoms with van der Waals surface area (Å²) in [6, 6.07) is 6.40. The molecule has 1 aromatic rings. The highest BCUT2D eigenvalue weighted by Crippen LogP contribution is 2.61. The fourth-order valence-corrected chi connectivity index (χ4v) is 7.62. The Hall–Kier alpha value is -1.10. The van der Waals surface area contributed by atoms with E-state index in [-0.39, 0.29) is 21.6 Å². The summed E-state index contributed by atoms with van der Waals surface area (Å²) in [6.45, 7) is 13.6. The molecule has 10 nitrogen and oxygen atoms in total. The number of hydrogen-bond donors (Lipinski definition) is 2. The summed E-state index contributed by atoms with van der Waals surface area (Å²) in [5.74, 6) is 0. The van der Waals surface area contributed by atoms with E-state index in [1.165, 1.54) is 0 Å². The van der Waals surface area contributed by atoms with Crippen LogP contribution in [0.15, 0.2) is 24.3 Å². The molecule has 194 valence electrons. The molecule has 0 aliphatic heterocycles. The predicted octanol–water partition coefficient (Wildman–Crippen LogP) is 5.70. The third-order valence-electron chi connectivity index (χ3n) is 3.62. The first-order chi connectivity index (χ1) is 15.5. The lowest BCUT2D eigenvalue weighted by Crippen LogP contribution is -2.39. The van der Waals surface area contributed by atoms with Crippen LogP contribution in [0.2, 0.25) is 0 Å². The highest BCUT2D eigenvalue weighted by atomic mass is 32.1. The fraction of sp³-hybridized carbons (Fsp3) is 0.600. The molecule has 0 bridgehead atoms. The SMILES string of the molecule is CC(C)OP(=O)(OC(C)C)N(C(N)=S)c1ccccc1N(C(N)=S)P(=O)(OC(C)C)OC(C)C. The Bertz CT molecular complexity index is 858. The number of thiocarbonyl (C=S) groups is 2. The van der Waals surface area contributed by atoms with Crippen LogP contribution in [0.1, 0.15) is 55.4 Å². The number of para-hydroxylation sites is 2. The average Bonchev–Trinajstić information content (AvgIpc) is 2.59. The number of nitrogens with two attached hydrogens (primary N) is 2. The molecule has 0 saturated carbocycles. The fourth-order valence-electron chi connectivity index (χ4n) is 2.87. The van der Waals surface area contributed by atoms with Crippen molar-refractivity contribution in [1.82, 2.24) is 0 Å². The van der Waals surface area contributed by atoms with E-state index < -0.39 is 39.9 Å². The van der Waals surface area contributed by atoms with Crippen LogP contribution in [0.25, 0.3) is 0 Å². The molecule has 0 fully saturated rings. The van der Waals surface area contributed by atoms with Gasteiger partial charge in [-0.15, -0.1) is 0 Å². The molecule has 0 aliphatic carbocycles. The number of benzene rings is 1. The first kappa shape index (κ1) is 30.9. The van der Waals surface area contributed by atoms with Crippen molar-refractivity contribution < 1.29 is 27.2 Å². The first-order valence-corrected chi connectivity index (χ1v) is 14.6. The van der Waals surface area contributed by atoms with Gasteiger partial charge in [0, 0.05) is 0 Å². The molecule has 1 aromatic carbocycles. The second-order valence-electron chi connectivity index (χ2n) is 8.34. The highest BCUT2D eigenvalue weighted by molar-refractivity contribution is 7.82. The molecule has 4 N–H and O–H groups in total. The van der Waals surface area contributed by atoms with Crippen molar-refractivity contribution in [2.45, 2.75) is 79.8 Å². The van der Waals surface area contributed by atoms with Crippen molar-refractivity contribution in [2.24, 2.45) is 11.5 Å². The molecule has 0 atom stereocenters. The highest BCUT2D eigenvalue weighted by Gasteiger charge is 2.44. The number of nitrogens with zero attached hydrogens (tertiary/aromatic N) is 2. The van der Waals surface area contributed by atoms with Gasteiger partial charge < -0.3 is 11.5 Å². The second kappa shape index (κ2) is 12.7. The molecule has 0 unspecified atom stereocenters.